The number of hydrogen-bond donors (Lipinski definition) is 2. The highest BCUT2D eigenvalue weighted by atomic mass is 32.2. The van der Waals surface area contributed by atoms with Crippen molar-refractivity contribution >= 4 is 15.7 Å². The molecule has 1 aliphatic rings. The molecule has 1 rings (SSSR count). The zero-order valence-corrected chi connectivity index (χ0v) is 15.0. The first kappa shape index (κ1) is 19.4. The number of nitrogens with one attached hydrogen (secondary N) is 1. The first-order chi connectivity index (χ1) is 10.1. The van der Waals surface area contributed by atoms with Crippen LogP contribution in [0.2, 0.25) is 0 Å². The Morgan fingerprint density at radius 3 is 2.36 bits per heavy atom. The Morgan fingerprint density at radius 2 is 1.86 bits per heavy atom. The van der Waals surface area contributed by atoms with E-state index in [0.29, 0.717) is 11.8 Å². The zero-order chi connectivity index (χ0) is 16.9. The Kier molecular flexibility index (Phi) is 7.28. The van der Waals surface area contributed by atoms with Gasteiger partial charge in [-0.05, 0) is 31.6 Å². The maximum atomic E-state index is 12.0. The summed E-state index contributed by atoms with van der Waals surface area (Å²) in [6.45, 7) is 9.40. The van der Waals surface area contributed by atoms with Crippen LogP contribution in [0.3, 0.4) is 0 Å². The van der Waals surface area contributed by atoms with Gasteiger partial charge in [0.2, 0.25) is 5.91 Å². The summed E-state index contributed by atoms with van der Waals surface area (Å²) in [6, 6.07) is -0.759. The van der Waals surface area contributed by atoms with Crippen LogP contribution in [-0.4, -0.2) is 63.0 Å². The Hall–Kier alpha value is -0.660. The molecule has 130 valence electrons. The SMILES string of the molecule is CC1CC(C)CN(CC(C)NC(=O)C(N)CCS(C)(=O)=O)C1. The molecule has 1 amide bonds. The summed E-state index contributed by atoms with van der Waals surface area (Å²) in [5, 5.41) is 2.89. The summed E-state index contributed by atoms with van der Waals surface area (Å²) in [5.41, 5.74) is 5.76. The highest BCUT2D eigenvalue weighted by Gasteiger charge is 2.24. The van der Waals surface area contributed by atoms with E-state index in [1.807, 2.05) is 6.92 Å². The highest BCUT2D eigenvalue weighted by molar-refractivity contribution is 7.90. The van der Waals surface area contributed by atoms with E-state index >= 15 is 0 Å². The van der Waals surface area contributed by atoms with E-state index in [4.69, 9.17) is 5.73 Å². The molecule has 4 unspecified atom stereocenters. The number of sulfone groups is 1. The topological polar surface area (TPSA) is 92.5 Å². The first-order valence-electron chi connectivity index (χ1n) is 8.03. The molecule has 0 saturated carbocycles. The standard InChI is InChI=1S/C15H31N3O3S/c1-11-7-12(2)9-18(8-11)10-13(3)17-15(19)14(16)5-6-22(4,20)21/h11-14H,5-10,16H2,1-4H3,(H,17,19). The summed E-state index contributed by atoms with van der Waals surface area (Å²) < 4.78 is 22.2. The van der Waals surface area contributed by atoms with Crippen LogP contribution < -0.4 is 11.1 Å². The monoisotopic (exact) mass is 333 g/mol. The summed E-state index contributed by atoms with van der Waals surface area (Å²) >= 11 is 0. The van der Waals surface area contributed by atoms with Gasteiger partial charge in [-0.1, -0.05) is 13.8 Å². The molecule has 1 fully saturated rings. The van der Waals surface area contributed by atoms with Crippen LogP contribution in [0.15, 0.2) is 0 Å². The molecule has 22 heavy (non-hydrogen) atoms. The van der Waals surface area contributed by atoms with Crippen molar-refractivity contribution in [3.63, 3.8) is 0 Å². The van der Waals surface area contributed by atoms with Crippen LogP contribution in [0.5, 0.6) is 0 Å². The van der Waals surface area contributed by atoms with Crippen molar-refractivity contribution in [2.24, 2.45) is 17.6 Å². The Balaban J connectivity index is 2.37. The number of carbonyl (C=O) groups excluding carboxylic acids is 1. The van der Waals surface area contributed by atoms with Gasteiger partial charge in [0.05, 0.1) is 11.8 Å². The third-order valence-electron chi connectivity index (χ3n) is 4.00. The second-order valence-electron chi connectivity index (χ2n) is 7.10. The van der Waals surface area contributed by atoms with Crippen molar-refractivity contribution in [3.8, 4) is 0 Å². The normalized spacial score (nSPS) is 26.4. The fourth-order valence-electron chi connectivity index (χ4n) is 3.20. The molecule has 0 aromatic carbocycles. The lowest BCUT2D eigenvalue weighted by molar-refractivity contribution is -0.123. The number of likely N-dealkylation sites (tertiary alicyclic amines) is 1. The third-order valence-corrected chi connectivity index (χ3v) is 4.98. The summed E-state index contributed by atoms with van der Waals surface area (Å²) in [4.78, 5) is 14.4. The van der Waals surface area contributed by atoms with Crippen LogP contribution in [0.1, 0.15) is 33.6 Å². The summed E-state index contributed by atoms with van der Waals surface area (Å²) in [6.07, 6.45) is 2.57. The smallest absolute Gasteiger partial charge is 0.237 e. The van der Waals surface area contributed by atoms with Crippen LogP contribution >= 0.6 is 0 Å². The molecule has 0 radical (unpaired) electrons. The van der Waals surface area contributed by atoms with E-state index in [0.717, 1.165) is 25.9 Å². The number of rotatable bonds is 7. The molecular formula is C15H31N3O3S. The molecule has 1 aliphatic heterocycles. The van der Waals surface area contributed by atoms with Gasteiger partial charge >= 0.3 is 0 Å². The largest absolute Gasteiger partial charge is 0.351 e. The van der Waals surface area contributed by atoms with Gasteiger partial charge in [-0.3, -0.25) is 4.79 Å². The van der Waals surface area contributed by atoms with Gasteiger partial charge in [-0.2, -0.15) is 0 Å². The fourth-order valence-corrected chi connectivity index (χ4v) is 3.88. The van der Waals surface area contributed by atoms with E-state index < -0.39 is 15.9 Å². The number of nitrogens with two attached hydrogens (primary N) is 1. The number of carbonyl (C=O) groups is 1. The number of nitrogens with zero attached hydrogens (tertiary/aromatic N) is 1. The molecule has 7 heteroatoms. The average molecular weight is 333 g/mol. The molecule has 0 spiro atoms. The predicted octanol–water partition coefficient (Wildman–Crippen LogP) is 0.231. The molecular weight excluding hydrogens is 302 g/mol. The van der Waals surface area contributed by atoms with Gasteiger partial charge < -0.3 is 16.0 Å². The fraction of sp³-hybridized carbons (Fsp3) is 0.933. The number of piperidine rings is 1. The Bertz CT molecular complexity index is 457. The van der Waals surface area contributed by atoms with Gasteiger partial charge in [0.25, 0.3) is 0 Å². The van der Waals surface area contributed by atoms with Gasteiger partial charge in [0, 0.05) is 31.9 Å². The predicted molar refractivity (Wildman–Crippen MR) is 89.3 cm³/mol. The minimum atomic E-state index is -3.08. The van der Waals surface area contributed by atoms with Crippen LogP contribution in [0, 0.1) is 11.8 Å². The maximum Gasteiger partial charge on any atom is 0.237 e. The van der Waals surface area contributed by atoms with Crippen molar-refractivity contribution in [1.82, 2.24) is 10.2 Å². The Labute approximate surface area is 134 Å². The molecule has 1 saturated heterocycles. The summed E-state index contributed by atoms with van der Waals surface area (Å²) in [7, 11) is -3.08. The molecule has 0 aromatic heterocycles. The molecule has 4 atom stereocenters. The van der Waals surface area contributed by atoms with Crippen molar-refractivity contribution in [3.05, 3.63) is 0 Å². The minimum Gasteiger partial charge on any atom is -0.351 e. The van der Waals surface area contributed by atoms with E-state index in [9.17, 15) is 13.2 Å². The minimum absolute atomic E-state index is 0.00860. The average Bonchev–Trinajstić information content (AvgIpc) is 2.33. The molecule has 0 bridgehead atoms. The lowest BCUT2D eigenvalue weighted by Gasteiger charge is -2.36. The van der Waals surface area contributed by atoms with Crippen LogP contribution in [0.4, 0.5) is 0 Å². The van der Waals surface area contributed by atoms with Crippen LogP contribution in [-0.2, 0) is 14.6 Å². The lowest BCUT2D eigenvalue weighted by atomic mass is 9.92. The van der Waals surface area contributed by atoms with Gasteiger partial charge in [0.1, 0.15) is 9.84 Å². The van der Waals surface area contributed by atoms with Gasteiger partial charge in [0.15, 0.2) is 0 Å². The second-order valence-corrected chi connectivity index (χ2v) is 9.36. The number of amides is 1. The van der Waals surface area contributed by atoms with Crippen molar-refractivity contribution in [2.45, 2.75) is 45.7 Å². The summed E-state index contributed by atoms with van der Waals surface area (Å²) in [5.74, 6) is 1.04. The van der Waals surface area contributed by atoms with Crippen molar-refractivity contribution in [1.29, 1.82) is 0 Å². The van der Waals surface area contributed by atoms with Gasteiger partial charge in [-0.15, -0.1) is 0 Å². The van der Waals surface area contributed by atoms with Gasteiger partial charge in [-0.25, -0.2) is 8.42 Å². The first-order valence-corrected chi connectivity index (χ1v) is 10.1. The molecule has 6 nitrogen and oxygen atoms in total. The Morgan fingerprint density at radius 1 is 1.32 bits per heavy atom. The highest BCUT2D eigenvalue weighted by Crippen LogP contribution is 2.20. The van der Waals surface area contributed by atoms with Crippen molar-refractivity contribution in [2.75, 3.05) is 31.6 Å². The third kappa shape index (κ3) is 7.56. The molecule has 3 N–H and O–H groups in total. The van der Waals surface area contributed by atoms with E-state index in [-0.39, 0.29) is 24.1 Å². The van der Waals surface area contributed by atoms with Crippen LogP contribution in [0.25, 0.3) is 0 Å². The molecule has 0 aromatic rings. The van der Waals surface area contributed by atoms with E-state index in [1.165, 1.54) is 6.42 Å². The molecule has 0 aliphatic carbocycles. The zero-order valence-electron chi connectivity index (χ0n) is 14.2. The van der Waals surface area contributed by atoms with E-state index in [1.54, 1.807) is 0 Å². The molecule has 1 heterocycles. The van der Waals surface area contributed by atoms with E-state index in [2.05, 4.69) is 24.1 Å². The second kappa shape index (κ2) is 8.26. The quantitative estimate of drug-likeness (QED) is 0.696. The van der Waals surface area contributed by atoms with Crippen molar-refractivity contribution < 1.29 is 13.2 Å². The lowest BCUT2D eigenvalue weighted by Crippen LogP contribution is -2.50. The maximum absolute atomic E-state index is 12.0. The number of hydrogen-bond acceptors (Lipinski definition) is 5.